The van der Waals surface area contributed by atoms with Crippen LogP contribution in [-0.4, -0.2) is 50.6 Å². The number of anilines is 2. The third-order valence-electron chi connectivity index (χ3n) is 8.15. The summed E-state index contributed by atoms with van der Waals surface area (Å²) >= 11 is 0. The topological polar surface area (TPSA) is 105 Å². The van der Waals surface area contributed by atoms with Crippen molar-refractivity contribution in [3.05, 3.63) is 59.7 Å². The van der Waals surface area contributed by atoms with E-state index in [1.165, 1.54) is 0 Å². The molecule has 2 fully saturated rings. The van der Waals surface area contributed by atoms with Gasteiger partial charge >= 0.3 is 0 Å². The summed E-state index contributed by atoms with van der Waals surface area (Å²) in [6, 6.07) is 14.5. The van der Waals surface area contributed by atoms with Crippen molar-refractivity contribution >= 4 is 23.2 Å². The Bertz CT molecular complexity index is 1020. The molecule has 38 heavy (non-hydrogen) atoms. The Morgan fingerprint density at radius 2 is 1.13 bits per heavy atom. The first-order valence-corrected chi connectivity index (χ1v) is 13.9. The summed E-state index contributed by atoms with van der Waals surface area (Å²) in [6.45, 7) is 5.69. The number of carbonyl (C=O) groups excluding carboxylic acids is 2. The number of amides is 2. The van der Waals surface area contributed by atoms with E-state index in [2.05, 4.69) is 10.6 Å². The Morgan fingerprint density at radius 3 is 1.53 bits per heavy atom. The lowest BCUT2D eigenvalue weighted by molar-refractivity contribution is -0.290. The smallest absolute Gasteiger partial charge is 0.229 e. The van der Waals surface area contributed by atoms with E-state index in [0.29, 0.717) is 25.7 Å². The van der Waals surface area contributed by atoms with Gasteiger partial charge in [0.05, 0.1) is 11.8 Å². The van der Waals surface area contributed by atoms with Gasteiger partial charge in [-0.1, -0.05) is 49.9 Å². The SMILES string of the molecule is Cc1cccc(NC(=O)C2CCCCC2N(O)C(C)N(O)C2CCCCC2C(=O)Nc2cccc(C)c2)c1. The number of carbonyl (C=O) groups is 2. The number of hydroxylamine groups is 4. The van der Waals surface area contributed by atoms with Crippen LogP contribution in [0.3, 0.4) is 0 Å². The summed E-state index contributed by atoms with van der Waals surface area (Å²) < 4.78 is 0. The first-order valence-electron chi connectivity index (χ1n) is 13.9. The van der Waals surface area contributed by atoms with Crippen molar-refractivity contribution in [3.63, 3.8) is 0 Å². The van der Waals surface area contributed by atoms with Gasteiger partial charge in [0.15, 0.2) is 0 Å². The van der Waals surface area contributed by atoms with Gasteiger partial charge in [-0.2, -0.15) is 10.1 Å². The third-order valence-corrected chi connectivity index (χ3v) is 8.15. The van der Waals surface area contributed by atoms with Crippen molar-refractivity contribution in [1.29, 1.82) is 0 Å². The molecular weight excluding hydrogens is 480 g/mol. The van der Waals surface area contributed by atoms with Crippen LogP contribution in [0, 0.1) is 25.7 Å². The summed E-state index contributed by atoms with van der Waals surface area (Å²) in [5.41, 5.74) is 3.60. The minimum Gasteiger partial charge on any atom is -0.326 e. The number of aryl methyl sites for hydroxylation is 2. The molecule has 8 heteroatoms. The van der Waals surface area contributed by atoms with E-state index in [1.54, 1.807) is 6.92 Å². The van der Waals surface area contributed by atoms with Crippen LogP contribution in [0.15, 0.2) is 48.5 Å². The van der Waals surface area contributed by atoms with Gasteiger partial charge in [0.1, 0.15) is 6.17 Å². The average Bonchev–Trinajstić information content (AvgIpc) is 2.92. The molecule has 2 aliphatic rings. The van der Waals surface area contributed by atoms with Gasteiger partial charge in [-0.05, 0) is 81.8 Å². The van der Waals surface area contributed by atoms with Crippen molar-refractivity contribution in [2.24, 2.45) is 11.8 Å². The van der Waals surface area contributed by atoms with Crippen LogP contribution in [0.4, 0.5) is 11.4 Å². The van der Waals surface area contributed by atoms with Crippen LogP contribution in [0.2, 0.25) is 0 Å². The number of nitrogens with zero attached hydrogens (tertiary/aromatic N) is 2. The zero-order valence-electron chi connectivity index (χ0n) is 22.8. The quantitative estimate of drug-likeness (QED) is 0.261. The van der Waals surface area contributed by atoms with E-state index in [1.807, 2.05) is 62.4 Å². The van der Waals surface area contributed by atoms with Crippen LogP contribution in [0.25, 0.3) is 0 Å². The van der Waals surface area contributed by atoms with Crippen molar-refractivity contribution in [3.8, 4) is 0 Å². The second-order valence-electron chi connectivity index (χ2n) is 11.0. The van der Waals surface area contributed by atoms with Crippen LogP contribution in [0.1, 0.15) is 69.4 Å². The number of hydrogen-bond acceptors (Lipinski definition) is 6. The molecular formula is C30H42N4O4. The molecule has 2 saturated carbocycles. The van der Waals surface area contributed by atoms with E-state index in [0.717, 1.165) is 58.3 Å². The van der Waals surface area contributed by atoms with E-state index in [-0.39, 0.29) is 11.8 Å². The highest BCUT2D eigenvalue weighted by atomic mass is 16.5. The molecule has 2 aliphatic carbocycles. The number of nitrogens with one attached hydrogen (secondary N) is 2. The molecule has 2 aromatic carbocycles. The highest BCUT2D eigenvalue weighted by molar-refractivity contribution is 5.93. The summed E-state index contributed by atoms with van der Waals surface area (Å²) in [7, 11) is 0. The van der Waals surface area contributed by atoms with E-state index < -0.39 is 30.1 Å². The third kappa shape index (κ3) is 6.80. The lowest BCUT2D eigenvalue weighted by atomic mass is 9.82. The molecule has 206 valence electrons. The minimum absolute atomic E-state index is 0.121. The second kappa shape index (κ2) is 12.8. The van der Waals surface area contributed by atoms with Gasteiger partial charge in [0, 0.05) is 23.5 Å². The predicted octanol–water partition coefficient (Wildman–Crippen LogP) is 5.73. The molecule has 2 amide bonds. The van der Waals surface area contributed by atoms with Crippen LogP contribution in [0.5, 0.6) is 0 Å². The predicted molar refractivity (Wildman–Crippen MR) is 148 cm³/mol. The lowest BCUT2D eigenvalue weighted by Crippen LogP contribution is -2.58. The maximum Gasteiger partial charge on any atom is 0.229 e. The fourth-order valence-corrected chi connectivity index (χ4v) is 6.06. The van der Waals surface area contributed by atoms with Gasteiger partial charge in [-0.3, -0.25) is 9.59 Å². The first-order chi connectivity index (χ1) is 18.2. The molecule has 0 spiro atoms. The van der Waals surface area contributed by atoms with Crippen molar-refractivity contribution in [2.45, 2.75) is 90.4 Å². The molecule has 4 atom stereocenters. The number of benzene rings is 2. The zero-order chi connectivity index (χ0) is 27.2. The van der Waals surface area contributed by atoms with Crippen LogP contribution in [-0.2, 0) is 9.59 Å². The normalized spacial score (nSPS) is 24.7. The molecule has 0 aromatic heterocycles. The van der Waals surface area contributed by atoms with Crippen molar-refractivity contribution in [1.82, 2.24) is 10.1 Å². The van der Waals surface area contributed by atoms with Gasteiger partial charge in [0.25, 0.3) is 0 Å². The standard InChI is InChI=1S/C30H42N4O4/c1-20-10-8-12-23(18-20)31-29(35)25-14-4-6-16-27(25)33(37)22(3)34(38)28-17-7-5-15-26(28)30(36)32-24-13-9-11-21(2)19-24/h8-13,18-19,22,25-28,37-38H,4-7,14-17H2,1-3H3,(H,31,35)(H,32,36). The number of hydrogen-bond donors (Lipinski definition) is 4. The maximum atomic E-state index is 13.2. The second-order valence-corrected chi connectivity index (χ2v) is 11.0. The molecule has 0 aliphatic heterocycles. The average molecular weight is 523 g/mol. The summed E-state index contributed by atoms with van der Waals surface area (Å²) in [5, 5.41) is 30.9. The summed E-state index contributed by atoms with van der Waals surface area (Å²) in [4.78, 5) is 26.5. The van der Waals surface area contributed by atoms with E-state index in [4.69, 9.17) is 0 Å². The van der Waals surface area contributed by atoms with E-state index in [9.17, 15) is 20.0 Å². The highest BCUT2D eigenvalue weighted by Crippen LogP contribution is 2.34. The molecule has 2 aromatic rings. The van der Waals surface area contributed by atoms with Gasteiger partial charge in [0.2, 0.25) is 11.8 Å². The zero-order valence-corrected chi connectivity index (χ0v) is 22.8. The lowest BCUT2D eigenvalue weighted by Gasteiger charge is -2.44. The monoisotopic (exact) mass is 522 g/mol. The molecule has 4 rings (SSSR count). The number of rotatable bonds is 8. The Hall–Kier alpha value is -2.78. The highest BCUT2D eigenvalue weighted by Gasteiger charge is 2.42. The van der Waals surface area contributed by atoms with E-state index >= 15 is 0 Å². The van der Waals surface area contributed by atoms with Gasteiger partial charge in [-0.15, -0.1) is 0 Å². The molecule has 8 nitrogen and oxygen atoms in total. The summed E-state index contributed by atoms with van der Waals surface area (Å²) in [6.07, 6.45) is 5.51. The van der Waals surface area contributed by atoms with Crippen LogP contribution >= 0.6 is 0 Å². The minimum atomic E-state index is -0.773. The molecule has 0 bridgehead atoms. The van der Waals surface area contributed by atoms with Gasteiger partial charge < -0.3 is 21.0 Å². The fourth-order valence-electron chi connectivity index (χ4n) is 6.06. The molecule has 0 radical (unpaired) electrons. The molecule has 4 N–H and O–H groups in total. The van der Waals surface area contributed by atoms with Crippen LogP contribution < -0.4 is 10.6 Å². The molecule has 4 unspecified atom stereocenters. The first kappa shape index (κ1) is 28.2. The van der Waals surface area contributed by atoms with Crippen molar-refractivity contribution in [2.75, 3.05) is 10.6 Å². The summed E-state index contributed by atoms with van der Waals surface area (Å²) in [5.74, 6) is -1.05. The fraction of sp³-hybridized carbons (Fsp3) is 0.533. The Morgan fingerprint density at radius 1 is 0.737 bits per heavy atom. The maximum absolute atomic E-state index is 13.2. The Balaban J connectivity index is 1.44. The Labute approximate surface area is 225 Å². The molecule has 0 saturated heterocycles. The van der Waals surface area contributed by atoms with Gasteiger partial charge in [-0.25, -0.2) is 0 Å². The Kier molecular flexibility index (Phi) is 9.54. The van der Waals surface area contributed by atoms with Crippen molar-refractivity contribution < 1.29 is 20.0 Å². The molecule has 0 heterocycles. The largest absolute Gasteiger partial charge is 0.326 e.